The largest absolute Gasteiger partial charge is 0.496 e. The molecule has 1 aromatic rings. The molecule has 0 aliphatic carbocycles. The molecule has 0 radical (unpaired) electrons. The molecule has 0 spiro atoms. The second kappa shape index (κ2) is 7.01. The van der Waals surface area contributed by atoms with Crippen LogP contribution in [0, 0.1) is 0 Å². The highest BCUT2D eigenvalue weighted by atomic mass is 16.5. The van der Waals surface area contributed by atoms with E-state index < -0.39 is 0 Å². The third-order valence-electron chi connectivity index (χ3n) is 2.88. The van der Waals surface area contributed by atoms with E-state index in [9.17, 15) is 4.79 Å². The highest BCUT2D eigenvalue weighted by Gasteiger charge is 2.14. The number of carbonyl (C=O) groups excluding carboxylic acids is 1. The van der Waals surface area contributed by atoms with Gasteiger partial charge in [0.05, 0.1) is 13.7 Å². The summed E-state index contributed by atoms with van der Waals surface area (Å²) in [6.45, 7) is 5.80. The zero-order chi connectivity index (χ0) is 13.5. The van der Waals surface area contributed by atoms with E-state index >= 15 is 0 Å². The first-order valence-electron chi connectivity index (χ1n) is 6.13. The summed E-state index contributed by atoms with van der Waals surface area (Å²) < 4.78 is 10.4. The van der Waals surface area contributed by atoms with Gasteiger partial charge in [-0.25, -0.2) is 0 Å². The van der Waals surface area contributed by atoms with Gasteiger partial charge in [0.25, 0.3) is 5.91 Å². The summed E-state index contributed by atoms with van der Waals surface area (Å²) in [4.78, 5) is 14.0. The minimum atomic E-state index is 0.0417. The van der Waals surface area contributed by atoms with Gasteiger partial charge in [0.2, 0.25) is 0 Å². The molecule has 0 atom stereocenters. The minimum absolute atomic E-state index is 0.0417. The van der Waals surface area contributed by atoms with Gasteiger partial charge in [-0.15, -0.1) is 0 Å². The van der Waals surface area contributed by atoms with Crippen LogP contribution >= 0.6 is 0 Å². The fourth-order valence-electron chi connectivity index (χ4n) is 1.87. The van der Waals surface area contributed by atoms with Crippen molar-refractivity contribution in [3.8, 4) is 5.75 Å². The van der Waals surface area contributed by atoms with Crippen LogP contribution in [0.2, 0.25) is 0 Å². The van der Waals surface area contributed by atoms with E-state index in [1.165, 1.54) is 0 Å². The molecule has 1 amide bonds. The standard InChI is InChI=1S/C14H21NO3/c1-5-15(6-2)14(16)11-7-8-13(18-4)12(9-11)10-17-3/h7-9H,5-6,10H2,1-4H3. The quantitative estimate of drug-likeness (QED) is 0.779. The number of methoxy groups -OCH3 is 2. The Balaban J connectivity index is 3.03. The van der Waals surface area contributed by atoms with Gasteiger partial charge in [-0.05, 0) is 32.0 Å². The Labute approximate surface area is 108 Å². The van der Waals surface area contributed by atoms with Crippen LogP contribution in [-0.2, 0) is 11.3 Å². The Bertz CT molecular complexity index is 400. The van der Waals surface area contributed by atoms with Crippen LogP contribution in [0.3, 0.4) is 0 Å². The van der Waals surface area contributed by atoms with Crippen molar-refractivity contribution in [1.82, 2.24) is 4.90 Å². The van der Waals surface area contributed by atoms with Gasteiger partial charge in [0.15, 0.2) is 0 Å². The van der Waals surface area contributed by atoms with Crippen LogP contribution in [0.5, 0.6) is 5.75 Å². The summed E-state index contributed by atoms with van der Waals surface area (Å²) in [7, 11) is 3.23. The van der Waals surface area contributed by atoms with Crippen molar-refractivity contribution in [3.63, 3.8) is 0 Å². The zero-order valence-corrected chi connectivity index (χ0v) is 11.5. The van der Waals surface area contributed by atoms with Crippen LogP contribution < -0.4 is 4.74 Å². The molecule has 1 rings (SSSR count). The van der Waals surface area contributed by atoms with Crippen molar-refractivity contribution < 1.29 is 14.3 Å². The molecule has 0 unspecified atom stereocenters. The number of carbonyl (C=O) groups is 1. The van der Waals surface area contributed by atoms with Crippen molar-refractivity contribution in [3.05, 3.63) is 29.3 Å². The number of ether oxygens (including phenoxy) is 2. The minimum Gasteiger partial charge on any atom is -0.496 e. The van der Waals surface area contributed by atoms with E-state index in [4.69, 9.17) is 9.47 Å². The van der Waals surface area contributed by atoms with E-state index in [0.29, 0.717) is 25.3 Å². The van der Waals surface area contributed by atoms with Gasteiger partial charge in [-0.1, -0.05) is 0 Å². The molecule has 0 aromatic heterocycles. The van der Waals surface area contributed by atoms with E-state index in [1.54, 1.807) is 25.2 Å². The van der Waals surface area contributed by atoms with Crippen molar-refractivity contribution >= 4 is 5.91 Å². The highest BCUT2D eigenvalue weighted by molar-refractivity contribution is 5.94. The molecular formula is C14H21NO3. The number of benzene rings is 1. The average Bonchev–Trinajstić information content (AvgIpc) is 2.40. The van der Waals surface area contributed by atoms with Crippen LogP contribution in [-0.4, -0.2) is 38.1 Å². The van der Waals surface area contributed by atoms with E-state index in [1.807, 2.05) is 26.0 Å². The molecule has 0 saturated carbocycles. The van der Waals surface area contributed by atoms with Crippen molar-refractivity contribution in [2.45, 2.75) is 20.5 Å². The first-order valence-corrected chi connectivity index (χ1v) is 6.13. The molecule has 0 heterocycles. The van der Waals surface area contributed by atoms with Crippen molar-refractivity contribution in [2.75, 3.05) is 27.3 Å². The SMILES string of the molecule is CCN(CC)C(=O)c1ccc(OC)c(COC)c1. The maximum Gasteiger partial charge on any atom is 0.253 e. The third kappa shape index (κ3) is 3.23. The zero-order valence-electron chi connectivity index (χ0n) is 11.5. The van der Waals surface area contributed by atoms with Crippen molar-refractivity contribution in [2.24, 2.45) is 0 Å². The van der Waals surface area contributed by atoms with Gasteiger partial charge in [-0.2, -0.15) is 0 Å². The predicted molar refractivity (Wildman–Crippen MR) is 71.0 cm³/mol. The smallest absolute Gasteiger partial charge is 0.253 e. The lowest BCUT2D eigenvalue weighted by atomic mass is 10.1. The lowest BCUT2D eigenvalue weighted by Crippen LogP contribution is -2.30. The molecule has 0 N–H and O–H groups in total. The van der Waals surface area contributed by atoms with Crippen molar-refractivity contribution in [1.29, 1.82) is 0 Å². The Morgan fingerprint density at radius 2 is 1.89 bits per heavy atom. The molecule has 0 bridgehead atoms. The first kappa shape index (κ1) is 14.5. The normalized spacial score (nSPS) is 10.2. The van der Waals surface area contributed by atoms with Crippen LogP contribution in [0.4, 0.5) is 0 Å². The Morgan fingerprint density at radius 1 is 1.22 bits per heavy atom. The molecule has 18 heavy (non-hydrogen) atoms. The Hall–Kier alpha value is -1.55. The van der Waals surface area contributed by atoms with Gasteiger partial charge >= 0.3 is 0 Å². The van der Waals surface area contributed by atoms with E-state index in [2.05, 4.69) is 0 Å². The average molecular weight is 251 g/mol. The second-order valence-corrected chi connectivity index (χ2v) is 3.94. The molecule has 4 nitrogen and oxygen atoms in total. The molecule has 0 saturated heterocycles. The van der Waals surface area contributed by atoms with Gasteiger partial charge < -0.3 is 14.4 Å². The number of hydrogen-bond donors (Lipinski definition) is 0. The summed E-state index contributed by atoms with van der Waals surface area (Å²) in [5, 5.41) is 0. The summed E-state index contributed by atoms with van der Waals surface area (Å²) in [6, 6.07) is 5.44. The lowest BCUT2D eigenvalue weighted by molar-refractivity contribution is 0.0772. The predicted octanol–water partition coefficient (Wildman–Crippen LogP) is 2.32. The van der Waals surface area contributed by atoms with Crippen LogP contribution in [0.25, 0.3) is 0 Å². The first-order chi connectivity index (χ1) is 8.67. The van der Waals surface area contributed by atoms with Crippen LogP contribution in [0.15, 0.2) is 18.2 Å². The molecule has 0 fully saturated rings. The molecule has 100 valence electrons. The van der Waals surface area contributed by atoms with Crippen LogP contribution in [0.1, 0.15) is 29.8 Å². The summed E-state index contributed by atoms with van der Waals surface area (Å²) in [5.41, 5.74) is 1.56. The van der Waals surface area contributed by atoms with Gasteiger partial charge in [0, 0.05) is 31.3 Å². The monoisotopic (exact) mass is 251 g/mol. The maximum absolute atomic E-state index is 12.2. The Kier molecular flexibility index (Phi) is 5.65. The summed E-state index contributed by atoms with van der Waals surface area (Å²) in [6.07, 6.45) is 0. The number of nitrogens with zero attached hydrogens (tertiary/aromatic N) is 1. The molecule has 0 aliphatic heterocycles. The Morgan fingerprint density at radius 3 is 2.39 bits per heavy atom. The summed E-state index contributed by atoms with van der Waals surface area (Å²) >= 11 is 0. The second-order valence-electron chi connectivity index (χ2n) is 3.94. The molecular weight excluding hydrogens is 230 g/mol. The third-order valence-corrected chi connectivity index (χ3v) is 2.88. The van der Waals surface area contributed by atoms with Gasteiger partial charge in [-0.3, -0.25) is 4.79 Å². The molecule has 4 heteroatoms. The topological polar surface area (TPSA) is 38.8 Å². The number of hydrogen-bond acceptors (Lipinski definition) is 3. The maximum atomic E-state index is 12.2. The van der Waals surface area contributed by atoms with E-state index in [-0.39, 0.29) is 5.91 Å². The highest BCUT2D eigenvalue weighted by Crippen LogP contribution is 2.21. The van der Waals surface area contributed by atoms with E-state index in [0.717, 1.165) is 11.3 Å². The lowest BCUT2D eigenvalue weighted by Gasteiger charge is -2.19. The van der Waals surface area contributed by atoms with Gasteiger partial charge in [0.1, 0.15) is 5.75 Å². The summed E-state index contributed by atoms with van der Waals surface area (Å²) in [5.74, 6) is 0.785. The fourth-order valence-corrected chi connectivity index (χ4v) is 1.87. The fraction of sp³-hybridized carbons (Fsp3) is 0.500. The number of amides is 1. The number of rotatable bonds is 6. The molecule has 0 aliphatic rings. The molecule has 1 aromatic carbocycles.